The fourth-order valence-electron chi connectivity index (χ4n) is 4.90. The summed E-state index contributed by atoms with van der Waals surface area (Å²) in [7, 11) is -4.38. The lowest BCUT2D eigenvalue weighted by molar-refractivity contribution is -0.118. The van der Waals surface area contributed by atoms with E-state index in [2.05, 4.69) is 10.3 Å². The highest BCUT2D eigenvalue weighted by Gasteiger charge is 2.61. The van der Waals surface area contributed by atoms with Crippen LogP contribution in [-0.2, 0) is 20.0 Å². The Labute approximate surface area is 193 Å². The number of hydrogen-bond donors (Lipinski definition) is 3. The van der Waals surface area contributed by atoms with Crippen LogP contribution in [0, 0.1) is 0 Å². The molecule has 34 heavy (non-hydrogen) atoms. The van der Waals surface area contributed by atoms with Crippen molar-refractivity contribution in [3.63, 3.8) is 0 Å². The minimum absolute atomic E-state index is 0.0516. The first-order valence-electron chi connectivity index (χ1n) is 10.4. The first kappa shape index (κ1) is 20.3. The van der Waals surface area contributed by atoms with E-state index in [0.29, 0.717) is 22.2 Å². The van der Waals surface area contributed by atoms with Crippen LogP contribution >= 0.6 is 0 Å². The van der Waals surface area contributed by atoms with Gasteiger partial charge in [-0.2, -0.15) is 0 Å². The summed E-state index contributed by atoms with van der Waals surface area (Å²) in [5, 5.41) is 3.24. The smallest absolute Gasteiger partial charge is 0.257 e. The van der Waals surface area contributed by atoms with Crippen LogP contribution in [-0.4, -0.2) is 19.3 Å². The van der Waals surface area contributed by atoms with Crippen molar-refractivity contribution in [3.8, 4) is 5.75 Å². The average molecular weight is 471 g/mol. The summed E-state index contributed by atoms with van der Waals surface area (Å²) in [6.07, 6.45) is 0. The first-order valence-corrected chi connectivity index (χ1v) is 11.9. The molecule has 0 aliphatic carbocycles. The Hall–Kier alpha value is -4.37. The van der Waals surface area contributed by atoms with Gasteiger partial charge in [0.2, 0.25) is 21.6 Å². The Bertz CT molecular complexity index is 1720. The van der Waals surface area contributed by atoms with E-state index in [9.17, 15) is 18.0 Å². The lowest BCUT2D eigenvalue weighted by Gasteiger charge is -2.35. The van der Waals surface area contributed by atoms with Crippen LogP contribution in [0.25, 0.3) is 10.9 Å². The number of H-pyrrole nitrogens is 1. The van der Waals surface area contributed by atoms with Crippen LogP contribution in [0.5, 0.6) is 5.75 Å². The lowest BCUT2D eigenvalue weighted by atomic mass is 9.73. The number of anilines is 1. The second-order valence-electron chi connectivity index (χ2n) is 8.07. The molecule has 8 nitrogen and oxygen atoms in total. The standard InChI is InChI=1S/C25H17N3O5S/c26-22-21(34(31,32)14-8-2-1-3-9-14)25(16-11-5-7-13-18(16)28-24(25)30)19-20(33-22)15-10-4-6-12-17(15)27-23(19)29/h1-13H,26H2,(H,27,29)(H,28,30). The predicted molar refractivity (Wildman–Crippen MR) is 126 cm³/mol. The number of pyridine rings is 1. The molecule has 1 spiro atoms. The third-order valence-corrected chi connectivity index (χ3v) is 8.21. The largest absolute Gasteiger partial charge is 0.439 e. The third kappa shape index (κ3) is 2.44. The molecular weight excluding hydrogens is 454 g/mol. The lowest BCUT2D eigenvalue weighted by Crippen LogP contribution is -2.48. The van der Waals surface area contributed by atoms with Crippen molar-refractivity contribution in [1.29, 1.82) is 0 Å². The van der Waals surface area contributed by atoms with E-state index in [1.807, 2.05) is 0 Å². The number of rotatable bonds is 2. The number of ether oxygens (including phenoxy) is 1. The number of carbonyl (C=O) groups is 1. The number of carbonyl (C=O) groups excluding carboxylic acids is 1. The van der Waals surface area contributed by atoms with Gasteiger partial charge in [0.25, 0.3) is 5.56 Å². The van der Waals surface area contributed by atoms with Crippen molar-refractivity contribution in [2.45, 2.75) is 10.3 Å². The molecule has 3 aromatic carbocycles. The van der Waals surface area contributed by atoms with E-state index in [-0.39, 0.29) is 16.2 Å². The molecule has 168 valence electrons. The summed E-state index contributed by atoms with van der Waals surface area (Å²) < 4.78 is 33.9. The minimum atomic E-state index is -4.38. The van der Waals surface area contributed by atoms with Crippen molar-refractivity contribution in [2.24, 2.45) is 5.73 Å². The van der Waals surface area contributed by atoms with Gasteiger partial charge in [-0.05, 0) is 30.3 Å². The van der Waals surface area contributed by atoms with Crippen LogP contribution in [0.4, 0.5) is 5.69 Å². The summed E-state index contributed by atoms with van der Waals surface area (Å²) in [6, 6.07) is 21.1. The number of benzene rings is 3. The molecule has 1 unspecified atom stereocenters. The number of sulfone groups is 1. The molecule has 1 amide bonds. The molecule has 0 saturated heterocycles. The molecule has 1 aromatic heterocycles. The summed E-state index contributed by atoms with van der Waals surface area (Å²) in [6.45, 7) is 0. The molecule has 0 radical (unpaired) electrons. The summed E-state index contributed by atoms with van der Waals surface area (Å²) in [5.74, 6) is -1.11. The minimum Gasteiger partial charge on any atom is -0.439 e. The molecule has 0 saturated carbocycles. The van der Waals surface area contributed by atoms with Gasteiger partial charge in [0.05, 0.1) is 16.0 Å². The van der Waals surface area contributed by atoms with Gasteiger partial charge in [-0.3, -0.25) is 9.59 Å². The number of amides is 1. The van der Waals surface area contributed by atoms with Gasteiger partial charge in [-0.15, -0.1) is 0 Å². The highest BCUT2D eigenvalue weighted by Crippen LogP contribution is 2.55. The number of hydrogen-bond acceptors (Lipinski definition) is 6. The van der Waals surface area contributed by atoms with Crippen molar-refractivity contribution >= 4 is 32.3 Å². The molecule has 1 atom stereocenters. The first-order chi connectivity index (χ1) is 16.4. The Morgan fingerprint density at radius 2 is 1.53 bits per heavy atom. The molecular formula is C25H17N3O5S. The van der Waals surface area contributed by atoms with Gasteiger partial charge in [0.15, 0.2) is 5.41 Å². The predicted octanol–water partition coefficient (Wildman–Crippen LogP) is 2.76. The Morgan fingerprint density at radius 3 is 2.32 bits per heavy atom. The van der Waals surface area contributed by atoms with E-state index in [1.54, 1.807) is 66.7 Å². The second-order valence-corrected chi connectivity index (χ2v) is 9.95. The maximum atomic E-state index is 14.0. The monoisotopic (exact) mass is 471 g/mol. The molecule has 0 bridgehead atoms. The number of para-hydroxylation sites is 2. The van der Waals surface area contributed by atoms with Crippen LogP contribution < -0.4 is 21.3 Å². The molecule has 2 aliphatic heterocycles. The molecule has 4 aromatic rings. The molecule has 3 heterocycles. The Morgan fingerprint density at radius 1 is 0.853 bits per heavy atom. The quantitative estimate of drug-likeness (QED) is 0.412. The molecule has 6 rings (SSSR count). The molecule has 9 heteroatoms. The fraction of sp³-hybridized carbons (Fsp3) is 0.0400. The van der Waals surface area contributed by atoms with E-state index in [4.69, 9.17) is 10.5 Å². The van der Waals surface area contributed by atoms with Gasteiger partial charge < -0.3 is 20.8 Å². The van der Waals surface area contributed by atoms with Crippen molar-refractivity contribution < 1.29 is 17.9 Å². The van der Waals surface area contributed by atoms with E-state index < -0.39 is 37.5 Å². The molecule has 2 aliphatic rings. The SMILES string of the molecule is NC1=C(S(=O)(=O)c2ccccc2)C2(C(=O)Nc3ccccc32)c2c(c3ccccc3[nH]c2=O)O1. The van der Waals surface area contributed by atoms with Gasteiger partial charge in [0.1, 0.15) is 10.7 Å². The maximum absolute atomic E-state index is 14.0. The van der Waals surface area contributed by atoms with Gasteiger partial charge >= 0.3 is 0 Å². The number of fused-ring (bicyclic) bond motifs is 6. The highest BCUT2D eigenvalue weighted by molar-refractivity contribution is 7.95. The fourth-order valence-corrected chi connectivity index (χ4v) is 6.66. The van der Waals surface area contributed by atoms with Gasteiger partial charge in [-0.1, -0.05) is 48.5 Å². The highest BCUT2D eigenvalue weighted by atomic mass is 32.2. The zero-order chi connectivity index (χ0) is 23.7. The van der Waals surface area contributed by atoms with Crippen LogP contribution in [0.1, 0.15) is 11.1 Å². The average Bonchev–Trinajstić information content (AvgIpc) is 3.11. The van der Waals surface area contributed by atoms with E-state index in [1.165, 1.54) is 12.1 Å². The van der Waals surface area contributed by atoms with Gasteiger partial charge in [0, 0.05) is 16.6 Å². The number of aromatic amines is 1. The topological polar surface area (TPSA) is 131 Å². The number of nitrogens with two attached hydrogens (primary N) is 1. The van der Waals surface area contributed by atoms with E-state index in [0.717, 1.165) is 0 Å². The van der Waals surface area contributed by atoms with Crippen LogP contribution in [0.3, 0.4) is 0 Å². The van der Waals surface area contributed by atoms with E-state index >= 15 is 0 Å². The second kappa shape index (κ2) is 6.82. The van der Waals surface area contributed by atoms with Crippen molar-refractivity contribution in [1.82, 2.24) is 4.98 Å². The van der Waals surface area contributed by atoms with Gasteiger partial charge in [-0.25, -0.2) is 8.42 Å². The Kier molecular flexibility index (Phi) is 4.06. The summed E-state index contributed by atoms with van der Waals surface area (Å²) >= 11 is 0. The number of nitrogens with one attached hydrogen (secondary N) is 2. The van der Waals surface area contributed by atoms with Crippen LogP contribution in [0.15, 0.2) is 99.3 Å². The third-order valence-electron chi connectivity index (χ3n) is 6.27. The van der Waals surface area contributed by atoms with Crippen molar-refractivity contribution in [2.75, 3.05) is 5.32 Å². The molecule has 0 fully saturated rings. The molecule has 4 N–H and O–H groups in total. The summed E-state index contributed by atoms with van der Waals surface area (Å²) in [4.78, 5) is 29.6. The zero-order valence-electron chi connectivity index (χ0n) is 17.5. The number of aromatic nitrogens is 1. The van der Waals surface area contributed by atoms with Crippen molar-refractivity contribution in [3.05, 3.63) is 111 Å². The maximum Gasteiger partial charge on any atom is 0.257 e. The summed E-state index contributed by atoms with van der Waals surface area (Å²) in [5.41, 5.74) is 4.67. The Balaban J connectivity index is 1.82. The van der Waals surface area contributed by atoms with Crippen LogP contribution in [0.2, 0.25) is 0 Å². The normalized spacial score (nSPS) is 19.0. The zero-order valence-corrected chi connectivity index (χ0v) is 18.3.